The zero-order chi connectivity index (χ0) is 22.3. The van der Waals surface area contributed by atoms with E-state index in [2.05, 4.69) is 40.4 Å². The average Bonchev–Trinajstić information content (AvgIpc) is 2.73. The first-order valence-electron chi connectivity index (χ1n) is 11.0. The van der Waals surface area contributed by atoms with Crippen molar-refractivity contribution < 1.29 is 13.2 Å². The van der Waals surface area contributed by atoms with Crippen LogP contribution in [-0.4, -0.2) is 32.7 Å². The summed E-state index contributed by atoms with van der Waals surface area (Å²) in [7, 11) is -3.20. The van der Waals surface area contributed by atoms with Crippen molar-refractivity contribution in [3.8, 4) is 0 Å². The van der Waals surface area contributed by atoms with Crippen molar-refractivity contribution in [2.24, 2.45) is 0 Å². The molecule has 0 saturated carbocycles. The van der Waals surface area contributed by atoms with Crippen molar-refractivity contribution in [3.63, 3.8) is 0 Å². The average molecular weight is 441 g/mol. The molecule has 3 rings (SSSR count). The maximum absolute atomic E-state index is 11.8. The molecule has 166 valence electrons. The molecule has 0 aliphatic heterocycles. The monoisotopic (exact) mass is 440 g/mol. The standard InChI is InChI=1S/C25H32N2O3S/c1-3-16-31(29,30)26-15-7-10-21-11-12-22-13-14-25(27-19(2)28)24(23(22)17-21)18-20-8-5-4-6-9-20/h4-12,17,24-26H,3,13-16,18H2,1-2H3,(H,27,28)/b10-7+. The molecule has 2 aromatic rings. The quantitative estimate of drug-likeness (QED) is 0.623. The number of hydrogen-bond donors (Lipinski definition) is 2. The summed E-state index contributed by atoms with van der Waals surface area (Å²) in [5, 5.41) is 3.16. The Kier molecular flexibility index (Phi) is 8.04. The van der Waals surface area contributed by atoms with Crippen LogP contribution >= 0.6 is 0 Å². The zero-order valence-corrected chi connectivity index (χ0v) is 19.1. The fourth-order valence-corrected chi connectivity index (χ4v) is 5.32. The van der Waals surface area contributed by atoms with Crippen LogP contribution in [-0.2, 0) is 27.7 Å². The number of carbonyl (C=O) groups is 1. The Morgan fingerprint density at radius 1 is 1.16 bits per heavy atom. The molecule has 5 nitrogen and oxygen atoms in total. The summed E-state index contributed by atoms with van der Waals surface area (Å²) in [6.07, 6.45) is 7.13. The van der Waals surface area contributed by atoms with Crippen LogP contribution in [0.2, 0.25) is 0 Å². The Morgan fingerprint density at radius 2 is 1.94 bits per heavy atom. The number of aryl methyl sites for hydroxylation is 1. The van der Waals surface area contributed by atoms with Crippen LogP contribution in [0.1, 0.15) is 54.9 Å². The van der Waals surface area contributed by atoms with E-state index in [9.17, 15) is 13.2 Å². The lowest BCUT2D eigenvalue weighted by Gasteiger charge is -2.34. The molecule has 2 unspecified atom stereocenters. The molecule has 0 fully saturated rings. The number of sulfonamides is 1. The molecule has 2 N–H and O–H groups in total. The van der Waals surface area contributed by atoms with E-state index in [-0.39, 0.29) is 30.2 Å². The number of carbonyl (C=O) groups excluding carboxylic acids is 1. The fourth-order valence-electron chi connectivity index (χ4n) is 4.28. The van der Waals surface area contributed by atoms with E-state index in [1.165, 1.54) is 16.7 Å². The van der Waals surface area contributed by atoms with Crippen LogP contribution < -0.4 is 10.0 Å². The minimum Gasteiger partial charge on any atom is -0.353 e. The molecule has 0 heterocycles. The van der Waals surface area contributed by atoms with Crippen LogP contribution in [0.25, 0.3) is 6.08 Å². The minimum absolute atomic E-state index is 0.00178. The molecule has 0 radical (unpaired) electrons. The number of hydrogen-bond acceptors (Lipinski definition) is 3. The summed E-state index contributed by atoms with van der Waals surface area (Å²) in [4.78, 5) is 11.8. The molecule has 6 heteroatoms. The van der Waals surface area contributed by atoms with Gasteiger partial charge < -0.3 is 5.32 Å². The van der Waals surface area contributed by atoms with Gasteiger partial charge >= 0.3 is 0 Å². The van der Waals surface area contributed by atoms with Gasteiger partial charge in [0.05, 0.1) is 5.75 Å². The highest BCUT2D eigenvalue weighted by Crippen LogP contribution is 2.35. The molecule has 1 aliphatic carbocycles. The van der Waals surface area contributed by atoms with Gasteiger partial charge in [-0.15, -0.1) is 0 Å². The van der Waals surface area contributed by atoms with Gasteiger partial charge in [-0.25, -0.2) is 13.1 Å². The first-order valence-corrected chi connectivity index (χ1v) is 12.6. The summed E-state index contributed by atoms with van der Waals surface area (Å²) in [5.74, 6) is 0.346. The predicted octanol–water partition coefficient (Wildman–Crippen LogP) is 3.81. The number of fused-ring (bicyclic) bond motifs is 1. The van der Waals surface area contributed by atoms with E-state index in [1.54, 1.807) is 6.92 Å². The number of nitrogens with one attached hydrogen (secondary N) is 2. The second kappa shape index (κ2) is 10.7. The van der Waals surface area contributed by atoms with Crippen molar-refractivity contribution in [1.29, 1.82) is 0 Å². The highest BCUT2D eigenvalue weighted by atomic mass is 32.2. The van der Waals surface area contributed by atoms with E-state index in [0.29, 0.717) is 6.42 Å². The van der Waals surface area contributed by atoms with Crippen LogP contribution in [0.3, 0.4) is 0 Å². The van der Waals surface area contributed by atoms with Crippen molar-refractivity contribution in [2.45, 2.75) is 51.5 Å². The Hall–Kier alpha value is -2.44. The second-order valence-corrected chi connectivity index (χ2v) is 10.1. The van der Waals surface area contributed by atoms with Crippen molar-refractivity contribution >= 4 is 22.0 Å². The molecule has 2 aromatic carbocycles. The van der Waals surface area contributed by atoms with Crippen LogP contribution in [0.15, 0.2) is 54.6 Å². The van der Waals surface area contributed by atoms with E-state index in [1.807, 2.05) is 37.3 Å². The maximum Gasteiger partial charge on any atom is 0.217 e. The summed E-state index contributed by atoms with van der Waals surface area (Å²) >= 11 is 0. The topological polar surface area (TPSA) is 75.3 Å². The van der Waals surface area contributed by atoms with Crippen molar-refractivity contribution in [2.75, 3.05) is 12.3 Å². The van der Waals surface area contributed by atoms with Crippen molar-refractivity contribution in [1.82, 2.24) is 10.0 Å². The third-order valence-electron chi connectivity index (χ3n) is 5.67. The summed E-state index contributed by atoms with van der Waals surface area (Å²) < 4.78 is 26.2. The molecule has 0 bridgehead atoms. The van der Waals surface area contributed by atoms with E-state index < -0.39 is 10.0 Å². The van der Waals surface area contributed by atoms with Gasteiger partial charge in [-0.05, 0) is 47.9 Å². The van der Waals surface area contributed by atoms with Crippen molar-refractivity contribution in [3.05, 3.63) is 76.9 Å². The van der Waals surface area contributed by atoms with Gasteiger partial charge in [0, 0.05) is 25.4 Å². The normalized spacial score (nSPS) is 18.6. The number of benzene rings is 2. The van der Waals surface area contributed by atoms with E-state index >= 15 is 0 Å². The summed E-state index contributed by atoms with van der Waals surface area (Å²) in [6, 6.07) is 16.9. The summed E-state index contributed by atoms with van der Waals surface area (Å²) in [5.41, 5.74) is 4.88. The molecule has 1 amide bonds. The SMILES string of the molecule is CCCS(=O)(=O)NC/C=C/c1ccc2c(c1)C(Cc1ccccc1)C(NC(C)=O)CC2. The van der Waals surface area contributed by atoms with Gasteiger partial charge in [0.15, 0.2) is 0 Å². The second-order valence-electron chi connectivity index (χ2n) is 8.17. The first kappa shape index (κ1) is 23.2. The minimum atomic E-state index is -3.20. The summed E-state index contributed by atoms with van der Waals surface area (Å²) in [6.45, 7) is 3.71. The Bertz CT molecular complexity index is 1020. The molecule has 1 aliphatic rings. The predicted molar refractivity (Wildman–Crippen MR) is 126 cm³/mol. The number of rotatable bonds is 9. The van der Waals surface area contributed by atoms with Gasteiger partial charge in [0.1, 0.15) is 0 Å². The Morgan fingerprint density at radius 3 is 2.65 bits per heavy atom. The lowest BCUT2D eigenvalue weighted by Crippen LogP contribution is -2.41. The van der Waals surface area contributed by atoms with Gasteiger partial charge in [-0.1, -0.05) is 67.6 Å². The Balaban J connectivity index is 1.81. The highest BCUT2D eigenvalue weighted by molar-refractivity contribution is 7.89. The highest BCUT2D eigenvalue weighted by Gasteiger charge is 2.30. The van der Waals surface area contributed by atoms with Crippen LogP contribution in [0, 0.1) is 0 Å². The lowest BCUT2D eigenvalue weighted by atomic mass is 9.75. The fraction of sp³-hybridized carbons (Fsp3) is 0.400. The molecule has 2 atom stereocenters. The lowest BCUT2D eigenvalue weighted by molar-refractivity contribution is -0.119. The van der Waals surface area contributed by atoms with E-state index in [0.717, 1.165) is 24.8 Å². The van der Waals surface area contributed by atoms with Crippen LogP contribution in [0.4, 0.5) is 0 Å². The molecule has 0 aromatic heterocycles. The third kappa shape index (κ3) is 6.77. The molecular formula is C25H32N2O3S. The van der Waals surface area contributed by atoms with E-state index in [4.69, 9.17) is 0 Å². The number of amides is 1. The smallest absolute Gasteiger partial charge is 0.217 e. The molecular weight excluding hydrogens is 408 g/mol. The van der Waals surface area contributed by atoms with Gasteiger partial charge in [-0.3, -0.25) is 4.79 Å². The van der Waals surface area contributed by atoms with Crippen LogP contribution in [0.5, 0.6) is 0 Å². The molecule has 0 spiro atoms. The third-order valence-corrected chi connectivity index (χ3v) is 7.22. The van der Waals surface area contributed by atoms with Gasteiger partial charge in [0.25, 0.3) is 0 Å². The Labute approximate surface area is 186 Å². The zero-order valence-electron chi connectivity index (χ0n) is 18.3. The molecule has 31 heavy (non-hydrogen) atoms. The first-order chi connectivity index (χ1) is 14.9. The largest absolute Gasteiger partial charge is 0.353 e. The van der Waals surface area contributed by atoms with Gasteiger partial charge in [0.2, 0.25) is 15.9 Å². The maximum atomic E-state index is 11.8. The van der Waals surface area contributed by atoms with Gasteiger partial charge in [-0.2, -0.15) is 0 Å². The molecule has 0 saturated heterocycles.